The minimum absolute atomic E-state index is 0.0855. The van der Waals surface area contributed by atoms with E-state index in [4.69, 9.17) is 37.0 Å². The smallest absolute Gasteiger partial charge is 0.462 e. The Kier molecular flexibility index (Phi) is 63.1. The summed E-state index contributed by atoms with van der Waals surface area (Å²) < 4.78 is 68.3. The first-order chi connectivity index (χ1) is 44.0. The molecule has 0 spiro atoms. The maximum absolute atomic E-state index is 13.0. The third-order valence-corrected chi connectivity index (χ3v) is 18.1. The van der Waals surface area contributed by atoms with E-state index in [0.717, 1.165) is 109 Å². The molecule has 0 aliphatic rings. The zero-order valence-corrected chi connectivity index (χ0v) is 60.3. The lowest BCUT2D eigenvalue weighted by molar-refractivity contribution is -0.161. The number of phosphoric ester groups is 2. The summed E-state index contributed by atoms with van der Waals surface area (Å²) in [6.07, 6.45) is 54.9. The molecule has 0 aromatic heterocycles. The Morgan fingerprint density at radius 1 is 0.341 bits per heavy atom. The van der Waals surface area contributed by atoms with Crippen molar-refractivity contribution in [3.63, 3.8) is 0 Å². The van der Waals surface area contributed by atoms with Crippen LogP contribution in [0.4, 0.5) is 0 Å². The van der Waals surface area contributed by atoms with Gasteiger partial charge in [0.1, 0.15) is 19.3 Å². The highest BCUT2D eigenvalue weighted by Crippen LogP contribution is 2.45. The van der Waals surface area contributed by atoms with Gasteiger partial charge >= 0.3 is 39.5 Å². The van der Waals surface area contributed by atoms with Crippen molar-refractivity contribution in [2.24, 2.45) is 5.92 Å². The second-order valence-corrected chi connectivity index (χ2v) is 28.7. The molecule has 0 saturated carbocycles. The van der Waals surface area contributed by atoms with Crippen molar-refractivity contribution in [1.29, 1.82) is 0 Å². The Morgan fingerprint density at radius 3 is 0.901 bits per heavy atom. The van der Waals surface area contributed by atoms with E-state index >= 15 is 0 Å². The molecule has 17 nitrogen and oxygen atoms in total. The number of allylic oxidation sites excluding steroid dienone is 4. The van der Waals surface area contributed by atoms with Crippen LogP contribution in [0, 0.1) is 5.92 Å². The van der Waals surface area contributed by atoms with Crippen LogP contribution in [0.25, 0.3) is 0 Å². The van der Waals surface area contributed by atoms with Crippen LogP contribution in [-0.4, -0.2) is 96.7 Å². The number of hydrogen-bond donors (Lipinski definition) is 3. The lowest BCUT2D eigenvalue weighted by Gasteiger charge is -2.21. The third-order valence-electron chi connectivity index (χ3n) is 16.2. The molecule has 0 aliphatic carbocycles. The van der Waals surface area contributed by atoms with Crippen molar-refractivity contribution in [3.05, 3.63) is 24.3 Å². The predicted molar refractivity (Wildman–Crippen MR) is 368 cm³/mol. The molecule has 2 unspecified atom stereocenters. The molecule has 0 saturated heterocycles. The summed E-state index contributed by atoms with van der Waals surface area (Å²) >= 11 is 0. The fourth-order valence-corrected chi connectivity index (χ4v) is 12.0. The van der Waals surface area contributed by atoms with Crippen molar-refractivity contribution >= 4 is 39.5 Å². The first-order valence-corrected chi connectivity index (χ1v) is 39.9. The van der Waals surface area contributed by atoms with Gasteiger partial charge in [0.2, 0.25) is 0 Å². The van der Waals surface area contributed by atoms with Gasteiger partial charge in [-0.25, -0.2) is 9.13 Å². The third kappa shape index (κ3) is 66.0. The Morgan fingerprint density at radius 2 is 0.593 bits per heavy atom. The molecular weight excluding hydrogens is 1200 g/mol. The highest BCUT2D eigenvalue weighted by molar-refractivity contribution is 7.47. The van der Waals surface area contributed by atoms with Gasteiger partial charge in [-0.1, -0.05) is 296 Å². The van der Waals surface area contributed by atoms with Crippen molar-refractivity contribution < 1.29 is 80.2 Å². The van der Waals surface area contributed by atoms with Crippen molar-refractivity contribution in [2.75, 3.05) is 39.6 Å². The van der Waals surface area contributed by atoms with Gasteiger partial charge in [-0.3, -0.25) is 37.3 Å². The molecule has 91 heavy (non-hydrogen) atoms. The molecule has 0 rings (SSSR count). The number of ether oxygens (including phenoxy) is 4. The fourth-order valence-electron chi connectivity index (χ4n) is 10.5. The average molecular weight is 1340 g/mol. The van der Waals surface area contributed by atoms with Crippen LogP contribution in [0.2, 0.25) is 0 Å². The van der Waals surface area contributed by atoms with Crippen LogP contribution < -0.4 is 0 Å². The van der Waals surface area contributed by atoms with Crippen LogP contribution >= 0.6 is 15.6 Å². The number of hydrogen-bond acceptors (Lipinski definition) is 15. The van der Waals surface area contributed by atoms with Gasteiger partial charge in [0.05, 0.1) is 26.4 Å². The first-order valence-electron chi connectivity index (χ1n) is 37.0. The van der Waals surface area contributed by atoms with Crippen molar-refractivity contribution in [2.45, 2.75) is 368 Å². The number of rotatable bonds is 70. The lowest BCUT2D eigenvalue weighted by Crippen LogP contribution is -2.30. The molecule has 0 fully saturated rings. The summed E-state index contributed by atoms with van der Waals surface area (Å²) in [7, 11) is -9.91. The normalized spacial score (nSPS) is 14.2. The fraction of sp³-hybridized carbons (Fsp3) is 0.889. The van der Waals surface area contributed by atoms with Gasteiger partial charge in [-0.15, -0.1) is 0 Å². The maximum atomic E-state index is 13.0. The van der Waals surface area contributed by atoms with E-state index in [-0.39, 0.29) is 25.7 Å². The zero-order valence-electron chi connectivity index (χ0n) is 58.5. The Hall–Kier alpha value is -2.46. The van der Waals surface area contributed by atoms with Gasteiger partial charge in [0.15, 0.2) is 12.2 Å². The lowest BCUT2D eigenvalue weighted by atomic mass is 10.0. The van der Waals surface area contributed by atoms with E-state index in [9.17, 15) is 43.2 Å². The Labute approximate surface area is 554 Å². The van der Waals surface area contributed by atoms with E-state index in [1.807, 2.05) is 0 Å². The summed E-state index contributed by atoms with van der Waals surface area (Å²) in [6.45, 7) is 7.14. The van der Waals surface area contributed by atoms with Crippen LogP contribution in [0.5, 0.6) is 0 Å². The summed E-state index contributed by atoms with van der Waals surface area (Å²) in [6, 6.07) is 0. The van der Waals surface area contributed by atoms with Gasteiger partial charge in [0.25, 0.3) is 0 Å². The van der Waals surface area contributed by atoms with Gasteiger partial charge in [-0.2, -0.15) is 0 Å². The van der Waals surface area contributed by atoms with Gasteiger partial charge < -0.3 is 33.8 Å². The Bertz CT molecular complexity index is 1850. The highest BCUT2D eigenvalue weighted by atomic mass is 31.2. The molecule has 5 atom stereocenters. The standard InChI is InChI=1S/C72H136O17P2/c1-6-9-12-15-18-21-24-27-29-31-34-37-42-48-53-58-72(77)88-67(61-82-69(74)55-50-45-40-35-33-30-28-25-22-19-16-13-10-7-2)63-86-90(78,79)84-59-66(73)60-85-91(80,81)87-64-68(62-83-70(75)56-51-46-43-38-39-44-49-54-65(4)5)89-71(76)57-52-47-41-36-32-26-23-20-17-14-11-8-3/h21,24,27,29,65-68,73H,6-20,22-23,25-26,28,30-64H2,1-5H3,(H,78,79)(H,80,81)/b24-21-,29-27-/t66-,67-,68-/m1/s1. The van der Waals surface area contributed by atoms with E-state index in [2.05, 4.69) is 58.9 Å². The summed E-state index contributed by atoms with van der Waals surface area (Å²) in [5.74, 6) is -1.45. The monoisotopic (exact) mass is 1330 g/mol. The van der Waals surface area contributed by atoms with E-state index < -0.39 is 97.5 Å². The van der Waals surface area contributed by atoms with Crippen LogP contribution in [0.15, 0.2) is 24.3 Å². The molecule has 0 heterocycles. The number of carbonyl (C=O) groups excluding carboxylic acids is 4. The second kappa shape index (κ2) is 64.9. The molecular formula is C72H136O17P2. The summed E-state index contributed by atoms with van der Waals surface area (Å²) in [5.41, 5.74) is 0. The number of aliphatic hydroxyl groups is 1. The summed E-state index contributed by atoms with van der Waals surface area (Å²) in [4.78, 5) is 72.6. The van der Waals surface area contributed by atoms with Crippen LogP contribution in [-0.2, 0) is 65.4 Å². The maximum Gasteiger partial charge on any atom is 0.472 e. The molecule has 0 aromatic carbocycles. The number of carbonyl (C=O) groups is 4. The Balaban J connectivity index is 5.29. The molecule has 0 amide bonds. The van der Waals surface area contributed by atoms with Crippen molar-refractivity contribution in [3.8, 4) is 0 Å². The molecule has 19 heteroatoms. The largest absolute Gasteiger partial charge is 0.472 e. The predicted octanol–water partition coefficient (Wildman–Crippen LogP) is 20.5. The summed E-state index contributed by atoms with van der Waals surface area (Å²) in [5, 5.41) is 10.6. The van der Waals surface area contributed by atoms with Gasteiger partial charge in [-0.05, 0) is 57.3 Å². The number of esters is 4. The van der Waals surface area contributed by atoms with E-state index in [1.165, 1.54) is 154 Å². The van der Waals surface area contributed by atoms with Crippen LogP contribution in [0.1, 0.15) is 349 Å². The first kappa shape index (κ1) is 88.5. The molecule has 0 aromatic rings. The topological polar surface area (TPSA) is 237 Å². The number of phosphoric acid groups is 2. The SMILES string of the molecule is CCCCCC/C=C\C=C/CCCCCCCC(=O)O[C@H](COC(=O)CCCCCCCCCCCCCCCC)COP(=O)(O)OC[C@@H](O)COP(=O)(O)OC[C@@H](COC(=O)CCCCCCCCCC(C)C)OC(=O)CCCCCCCCCCCCCC. The molecule has 536 valence electrons. The van der Waals surface area contributed by atoms with Crippen molar-refractivity contribution in [1.82, 2.24) is 0 Å². The molecule has 0 aliphatic heterocycles. The molecule has 0 radical (unpaired) electrons. The van der Waals surface area contributed by atoms with Gasteiger partial charge in [0, 0.05) is 25.7 Å². The number of unbranched alkanes of at least 4 members (excludes halogenated alkanes) is 39. The minimum Gasteiger partial charge on any atom is -0.462 e. The molecule has 0 bridgehead atoms. The quantitative estimate of drug-likeness (QED) is 0.0169. The van der Waals surface area contributed by atoms with Crippen LogP contribution in [0.3, 0.4) is 0 Å². The minimum atomic E-state index is -4.96. The molecule has 3 N–H and O–H groups in total. The van der Waals surface area contributed by atoms with E-state index in [0.29, 0.717) is 31.6 Å². The highest BCUT2D eigenvalue weighted by Gasteiger charge is 2.30. The zero-order chi connectivity index (χ0) is 67.0. The number of aliphatic hydroxyl groups excluding tert-OH is 1. The average Bonchev–Trinajstić information content (AvgIpc) is 3.54. The van der Waals surface area contributed by atoms with E-state index in [1.54, 1.807) is 0 Å². The second-order valence-electron chi connectivity index (χ2n) is 25.8.